The zero-order valence-corrected chi connectivity index (χ0v) is 18.3. The lowest BCUT2D eigenvalue weighted by molar-refractivity contribution is 0.0674. The lowest BCUT2D eigenvalue weighted by atomic mass is 9.90. The first-order valence-corrected chi connectivity index (χ1v) is 10.9. The van der Waals surface area contributed by atoms with E-state index in [4.69, 9.17) is 9.15 Å². The summed E-state index contributed by atoms with van der Waals surface area (Å²) in [5.41, 5.74) is 3.45. The molecule has 2 aromatic carbocycles. The second-order valence-electron chi connectivity index (χ2n) is 8.19. The van der Waals surface area contributed by atoms with Crippen LogP contribution in [0.1, 0.15) is 35.0 Å². The molecule has 1 fully saturated rings. The second-order valence-corrected chi connectivity index (χ2v) is 8.19. The van der Waals surface area contributed by atoms with Crippen LogP contribution >= 0.6 is 0 Å². The lowest BCUT2D eigenvalue weighted by Crippen LogP contribution is -2.39. The number of amides is 1. The Labute approximate surface area is 191 Å². The standard InChI is InChI=1S/C26H24FN3O3/c1-32-21-9-7-17(8-10-21)23-11-12-24(33-23)26(31)30-13-3-5-19(16-30)25-22(15-28-29-25)18-4-2-6-20(27)14-18/h2,4,6-12,14-15,19H,3,5,13,16H2,1H3,(H,28,29)/t19-/m0/s1. The normalized spacial score (nSPS) is 16.1. The topological polar surface area (TPSA) is 71.4 Å². The van der Waals surface area contributed by atoms with Gasteiger partial charge in [-0.3, -0.25) is 9.89 Å². The largest absolute Gasteiger partial charge is 0.497 e. The van der Waals surface area contributed by atoms with Crippen molar-refractivity contribution < 1.29 is 18.3 Å². The number of carbonyl (C=O) groups excluding carboxylic acids is 1. The Kier molecular flexibility index (Phi) is 5.69. The van der Waals surface area contributed by atoms with Crippen molar-refractivity contribution in [1.82, 2.24) is 15.1 Å². The van der Waals surface area contributed by atoms with Crippen LogP contribution in [0.25, 0.3) is 22.5 Å². The molecule has 5 rings (SSSR count). The van der Waals surface area contributed by atoms with Gasteiger partial charge in [-0.2, -0.15) is 5.10 Å². The Morgan fingerprint density at radius 2 is 2.00 bits per heavy atom. The van der Waals surface area contributed by atoms with Crippen LogP contribution in [0.3, 0.4) is 0 Å². The molecule has 1 atom stereocenters. The maximum atomic E-state index is 13.8. The van der Waals surface area contributed by atoms with Gasteiger partial charge in [0.05, 0.1) is 13.3 Å². The van der Waals surface area contributed by atoms with E-state index in [1.54, 1.807) is 25.4 Å². The first kappa shape index (κ1) is 21.0. The van der Waals surface area contributed by atoms with Crippen molar-refractivity contribution >= 4 is 5.91 Å². The summed E-state index contributed by atoms with van der Waals surface area (Å²) in [4.78, 5) is 15.0. The Morgan fingerprint density at radius 1 is 1.15 bits per heavy atom. The number of benzene rings is 2. The van der Waals surface area contributed by atoms with E-state index in [0.717, 1.165) is 41.0 Å². The lowest BCUT2D eigenvalue weighted by Gasteiger charge is -2.32. The van der Waals surface area contributed by atoms with Gasteiger partial charge in [-0.15, -0.1) is 0 Å². The van der Waals surface area contributed by atoms with Gasteiger partial charge in [0.15, 0.2) is 5.76 Å². The van der Waals surface area contributed by atoms with Crippen LogP contribution in [-0.2, 0) is 0 Å². The Morgan fingerprint density at radius 3 is 2.79 bits per heavy atom. The molecule has 1 N–H and O–H groups in total. The summed E-state index contributed by atoms with van der Waals surface area (Å²) in [6.07, 6.45) is 3.51. The van der Waals surface area contributed by atoms with E-state index in [0.29, 0.717) is 24.6 Å². The van der Waals surface area contributed by atoms with E-state index in [1.807, 2.05) is 41.3 Å². The van der Waals surface area contributed by atoms with Crippen LogP contribution < -0.4 is 4.74 Å². The maximum absolute atomic E-state index is 13.8. The number of ether oxygens (including phenoxy) is 1. The fourth-order valence-corrected chi connectivity index (χ4v) is 4.41. The van der Waals surface area contributed by atoms with Crippen LogP contribution in [0, 0.1) is 5.82 Å². The number of aromatic nitrogens is 2. The molecule has 0 bridgehead atoms. The molecule has 0 unspecified atom stereocenters. The number of halogens is 1. The van der Waals surface area contributed by atoms with Gasteiger partial charge in [0.2, 0.25) is 0 Å². The zero-order valence-electron chi connectivity index (χ0n) is 18.3. The van der Waals surface area contributed by atoms with Crippen molar-refractivity contribution in [1.29, 1.82) is 0 Å². The second kappa shape index (κ2) is 8.94. The predicted octanol–water partition coefficient (Wildman–Crippen LogP) is 5.50. The van der Waals surface area contributed by atoms with E-state index in [1.165, 1.54) is 12.1 Å². The molecule has 3 heterocycles. The van der Waals surface area contributed by atoms with Gasteiger partial charge in [0, 0.05) is 35.8 Å². The zero-order chi connectivity index (χ0) is 22.8. The molecule has 0 aliphatic carbocycles. The molecule has 33 heavy (non-hydrogen) atoms. The van der Waals surface area contributed by atoms with E-state index in [2.05, 4.69) is 10.2 Å². The molecule has 4 aromatic rings. The monoisotopic (exact) mass is 445 g/mol. The average molecular weight is 445 g/mol. The smallest absolute Gasteiger partial charge is 0.289 e. The van der Waals surface area contributed by atoms with E-state index < -0.39 is 0 Å². The Hall–Kier alpha value is -3.87. The SMILES string of the molecule is COc1ccc(-c2ccc(C(=O)N3CCC[C@H](c4[nH]ncc4-c4cccc(F)c4)C3)o2)cc1. The van der Waals surface area contributed by atoms with Crippen molar-refractivity contribution in [3.05, 3.63) is 84.1 Å². The number of furan rings is 1. The van der Waals surface area contributed by atoms with Crippen molar-refractivity contribution in [3.8, 4) is 28.2 Å². The highest BCUT2D eigenvalue weighted by Gasteiger charge is 2.29. The summed E-state index contributed by atoms with van der Waals surface area (Å²) < 4.78 is 24.8. The average Bonchev–Trinajstić information content (AvgIpc) is 3.54. The third-order valence-electron chi connectivity index (χ3n) is 6.11. The minimum Gasteiger partial charge on any atom is -0.497 e. The van der Waals surface area contributed by atoms with E-state index in [9.17, 15) is 9.18 Å². The van der Waals surface area contributed by atoms with Crippen molar-refractivity contribution in [2.45, 2.75) is 18.8 Å². The molecule has 0 saturated carbocycles. The maximum Gasteiger partial charge on any atom is 0.289 e. The highest BCUT2D eigenvalue weighted by atomic mass is 19.1. The summed E-state index contributed by atoms with van der Waals surface area (Å²) in [6.45, 7) is 1.21. The van der Waals surface area contributed by atoms with Crippen LogP contribution in [-0.4, -0.2) is 41.2 Å². The number of nitrogens with one attached hydrogen (secondary N) is 1. The molecular formula is C26H24FN3O3. The molecule has 1 amide bonds. The molecule has 2 aromatic heterocycles. The quantitative estimate of drug-likeness (QED) is 0.440. The van der Waals surface area contributed by atoms with Crippen LogP contribution in [0.2, 0.25) is 0 Å². The number of hydrogen-bond donors (Lipinski definition) is 1. The number of nitrogens with zero attached hydrogens (tertiary/aromatic N) is 2. The Balaban J connectivity index is 1.33. The number of rotatable bonds is 5. The Bertz CT molecular complexity index is 1260. The highest BCUT2D eigenvalue weighted by molar-refractivity contribution is 5.92. The van der Waals surface area contributed by atoms with Gasteiger partial charge in [0.1, 0.15) is 17.3 Å². The van der Waals surface area contributed by atoms with Gasteiger partial charge in [0.25, 0.3) is 5.91 Å². The molecule has 1 aliphatic rings. The molecule has 7 heteroatoms. The van der Waals surface area contributed by atoms with Crippen molar-refractivity contribution in [3.63, 3.8) is 0 Å². The minimum absolute atomic E-state index is 0.0829. The molecule has 1 saturated heterocycles. The van der Waals surface area contributed by atoms with Crippen molar-refractivity contribution in [2.24, 2.45) is 0 Å². The van der Waals surface area contributed by atoms with Gasteiger partial charge in [-0.05, 0) is 66.9 Å². The van der Waals surface area contributed by atoms with Gasteiger partial charge in [-0.25, -0.2) is 4.39 Å². The first-order chi connectivity index (χ1) is 16.1. The number of likely N-dealkylation sites (tertiary alicyclic amines) is 1. The van der Waals surface area contributed by atoms with Crippen LogP contribution in [0.15, 0.2) is 71.3 Å². The molecular weight excluding hydrogens is 421 g/mol. The number of hydrogen-bond acceptors (Lipinski definition) is 4. The number of methoxy groups -OCH3 is 1. The van der Waals surface area contributed by atoms with E-state index >= 15 is 0 Å². The first-order valence-electron chi connectivity index (χ1n) is 10.9. The number of H-pyrrole nitrogens is 1. The third kappa shape index (κ3) is 4.26. The summed E-state index contributed by atoms with van der Waals surface area (Å²) >= 11 is 0. The molecule has 0 radical (unpaired) electrons. The highest BCUT2D eigenvalue weighted by Crippen LogP contribution is 2.34. The number of carbonyl (C=O) groups is 1. The van der Waals surface area contributed by atoms with Gasteiger partial charge < -0.3 is 14.1 Å². The fourth-order valence-electron chi connectivity index (χ4n) is 4.41. The minimum atomic E-state index is -0.286. The van der Waals surface area contributed by atoms with Crippen LogP contribution in [0.4, 0.5) is 4.39 Å². The van der Waals surface area contributed by atoms with E-state index in [-0.39, 0.29) is 17.6 Å². The molecule has 6 nitrogen and oxygen atoms in total. The number of aromatic amines is 1. The summed E-state index contributed by atoms with van der Waals surface area (Å²) in [6, 6.07) is 17.5. The number of piperidine rings is 1. The molecule has 0 spiro atoms. The van der Waals surface area contributed by atoms with Gasteiger partial charge >= 0.3 is 0 Å². The summed E-state index contributed by atoms with van der Waals surface area (Å²) in [5.74, 6) is 1.38. The fraction of sp³-hybridized carbons (Fsp3) is 0.231. The summed E-state index contributed by atoms with van der Waals surface area (Å²) in [5, 5.41) is 7.29. The third-order valence-corrected chi connectivity index (χ3v) is 6.11. The predicted molar refractivity (Wildman–Crippen MR) is 123 cm³/mol. The van der Waals surface area contributed by atoms with Crippen molar-refractivity contribution in [2.75, 3.05) is 20.2 Å². The van der Waals surface area contributed by atoms with Gasteiger partial charge in [-0.1, -0.05) is 12.1 Å². The molecule has 1 aliphatic heterocycles. The summed E-state index contributed by atoms with van der Waals surface area (Å²) in [7, 11) is 1.62. The van der Waals surface area contributed by atoms with Crippen LogP contribution in [0.5, 0.6) is 5.75 Å². The molecule has 168 valence electrons.